The van der Waals surface area contributed by atoms with Crippen molar-refractivity contribution in [1.29, 1.82) is 0 Å². The van der Waals surface area contributed by atoms with Crippen molar-refractivity contribution < 1.29 is 4.84 Å². The first-order valence-corrected chi connectivity index (χ1v) is 5.90. The van der Waals surface area contributed by atoms with Gasteiger partial charge in [-0.25, -0.2) is 0 Å². The molecule has 1 unspecified atom stereocenters. The van der Waals surface area contributed by atoms with Gasteiger partial charge in [0.05, 0.1) is 7.11 Å². The van der Waals surface area contributed by atoms with Gasteiger partial charge in [-0.1, -0.05) is 12.1 Å². The smallest absolute Gasteiger partial charge is 0.0572 e. The minimum absolute atomic E-state index is 0. The third-order valence-electron chi connectivity index (χ3n) is 2.02. The molecule has 0 amide bonds. The maximum atomic E-state index is 4.87. The zero-order valence-corrected chi connectivity index (χ0v) is 11.0. The van der Waals surface area contributed by atoms with E-state index in [4.69, 9.17) is 4.84 Å². The monoisotopic (exact) mass is 247 g/mol. The van der Waals surface area contributed by atoms with E-state index in [1.54, 1.807) is 18.9 Å². The lowest BCUT2D eigenvalue weighted by atomic mass is 10.1. The van der Waals surface area contributed by atoms with E-state index in [9.17, 15) is 0 Å². The number of rotatable bonds is 5. The zero-order valence-electron chi connectivity index (χ0n) is 9.32. The van der Waals surface area contributed by atoms with Crippen molar-refractivity contribution in [2.75, 3.05) is 13.4 Å². The molecule has 0 radical (unpaired) electrons. The summed E-state index contributed by atoms with van der Waals surface area (Å²) in [7, 11) is 1.65. The molecule has 0 aromatic heterocycles. The van der Waals surface area contributed by atoms with Crippen LogP contribution in [-0.2, 0) is 11.3 Å². The molecule has 15 heavy (non-hydrogen) atoms. The Morgan fingerprint density at radius 1 is 1.33 bits per heavy atom. The molecule has 86 valence electrons. The number of hydrogen-bond acceptors (Lipinski definition) is 3. The molecule has 0 saturated carbocycles. The summed E-state index contributed by atoms with van der Waals surface area (Å²) >= 11 is 1.77. The number of hydroxylamine groups is 1. The van der Waals surface area contributed by atoms with Crippen molar-refractivity contribution >= 4 is 24.2 Å². The molecule has 0 bridgehead atoms. The first-order chi connectivity index (χ1) is 6.76. The van der Waals surface area contributed by atoms with Crippen LogP contribution in [0.4, 0.5) is 0 Å². The van der Waals surface area contributed by atoms with Crippen LogP contribution < -0.4 is 5.48 Å². The number of thioether (sulfide) groups is 1. The molecule has 0 saturated heterocycles. The normalized spacial score (nSPS) is 11.9. The van der Waals surface area contributed by atoms with Gasteiger partial charge in [-0.3, -0.25) is 0 Å². The van der Waals surface area contributed by atoms with Gasteiger partial charge in [0.15, 0.2) is 0 Å². The fourth-order valence-corrected chi connectivity index (χ4v) is 1.77. The first kappa shape index (κ1) is 14.8. The van der Waals surface area contributed by atoms with Crippen LogP contribution in [0.3, 0.4) is 0 Å². The molecule has 0 aliphatic heterocycles. The molecule has 1 aromatic rings. The molecule has 0 fully saturated rings. The number of halogens is 1. The summed E-state index contributed by atoms with van der Waals surface area (Å²) in [6, 6.07) is 8.98. The molecule has 4 heteroatoms. The quantitative estimate of drug-likeness (QED) is 0.639. The Bertz CT molecular complexity index is 266. The fourth-order valence-electron chi connectivity index (χ4n) is 1.36. The lowest BCUT2D eigenvalue weighted by molar-refractivity contribution is 0.0661. The van der Waals surface area contributed by atoms with E-state index < -0.39 is 0 Å². The van der Waals surface area contributed by atoms with Crippen molar-refractivity contribution in [2.24, 2.45) is 0 Å². The van der Waals surface area contributed by atoms with Crippen LogP contribution in [0, 0.1) is 0 Å². The maximum absolute atomic E-state index is 4.87. The highest BCUT2D eigenvalue weighted by atomic mass is 35.5. The van der Waals surface area contributed by atoms with Crippen molar-refractivity contribution in [3.05, 3.63) is 29.8 Å². The van der Waals surface area contributed by atoms with Gasteiger partial charge < -0.3 is 4.84 Å². The van der Waals surface area contributed by atoms with Gasteiger partial charge >= 0.3 is 0 Å². The van der Waals surface area contributed by atoms with Crippen LogP contribution in [0.25, 0.3) is 0 Å². The van der Waals surface area contributed by atoms with Gasteiger partial charge in [0.25, 0.3) is 0 Å². The first-order valence-electron chi connectivity index (χ1n) is 4.67. The lowest BCUT2D eigenvalue weighted by Crippen LogP contribution is -2.26. The zero-order chi connectivity index (χ0) is 10.4. The van der Waals surface area contributed by atoms with E-state index in [0.717, 1.165) is 6.42 Å². The Hall–Kier alpha value is -0.220. The molecule has 1 N–H and O–H groups in total. The van der Waals surface area contributed by atoms with E-state index in [-0.39, 0.29) is 12.4 Å². The molecular weight excluding hydrogens is 230 g/mol. The highest BCUT2D eigenvalue weighted by Crippen LogP contribution is 2.15. The number of hydrogen-bond donors (Lipinski definition) is 1. The summed E-state index contributed by atoms with van der Waals surface area (Å²) in [5.41, 5.74) is 4.25. The van der Waals surface area contributed by atoms with Crippen LogP contribution in [0.1, 0.15) is 12.5 Å². The van der Waals surface area contributed by atoms with Crippen LogP contribution in [0.5, 0.6) is 0 Å². The fraction of sp³-hybridized carbons (Fsp3) is 0.455. The van der Waals surface area contributed by atoms with Gasteiger partial charge in [-0.15, -0.1) is 24.2 Å². The Kier molecular flexibility index (Phi) is 7.88. The number of benzene rings is 1. The average molecular weight is 248 g/mol. The minimum Gasteiger partial charge on any atom is -0.305 e. The third kappa shape index (κ3) is 5.42. The highest BCUT2D eigenvalue weighted by Gasteiger charge is 2.01. The molecule has 1 atom stereocenters. The minimum atomic E-state index is 0. The Labute approximate surface area is 102 Å². The van der Waals surface area contributed by atoms with Gasteiger partial charge in [-0.2, -0.15) is 5.48 Å². The Morgan fingerprint density at radius 3 is 2.40 bits per heavy atom. The number of nitrogens with one attached hydrogen (secondary N) is 1. The highest BCUT2D eigenvalue weighted by molar-refractivity contribution is 7.98. The molecule has 0 heterocycles. The topological polar surface area (TPSA) is 21.3 Å². The van der Waals surface area contributed by atoms with Gasteiger partial charge in [0.1, 0.15) is 0 Å². The molecule has 1 rings (SSSR count). The van der Waals surface area contributed by atoms with E-state index in [0.29, 0.717) is 6.04 Å². The molecule has 2 nitrogen and oxygen atoms in total. The van der Waals surface area contributed by atoms with Crippen molar-refractivity contribution in [2.45, 2.75) is 24.3 Å². The van der Waals surface area contributed by atoms with Crippen molar-refractivity contribution in [1.82, 2.24) is 5.48 Å². The van der Waals surface area contributed by atoms with E-state index in [1.807, 2.05) is 0 Å². The summed E-state index contributed by atoms with van der Waals surface area (Å²) in [4.78, 5) is 6.17. The van der Waals surface area contributed by atoms with E-state index in [1.165, 1.54) is 10.5 Å². The Balaban J connectivity index is 0.00000196. The third-order valence-corrected chi connectivity index (χ3v) is 2.76. The van der Waals surface area contributed by atoms with Crippen molar-refractivity contribution in [3.63, 3.8) is 0 Å². The molecule has 0 spiro atoms. The second-order valence-electron chi connectivity index (χ2n) is 3.28. The summed E-state index contributed by atoms with van der Waals surface area (Å²) in [6.45, 7) is 2.10. The van der Waals surface area contributed by atoms with Crippen LogP contribution in [0.2, 0.25) is 0 Å². The van der Waals surface area contributed by atoms with E-state index >= 15 is 0 Å². The van der Waals surface area contributed by atoms with E-state index in [2.05, 4.69) is 42.9 Å². The van der Waals surface area contributed by atoms with Gasteiger partial charge in [0.2, 0.25) is 0 Å². The summed E-state index contributed by atoms with van der Waals surface area (Å²) in [5, 5.41) is 0. The largest absolute Gasteiger partial charge is 0.305 e. The van der Waals surface area contributed by atoms with Gasteiger partial charge in [-0.05, 0) is 37.3 Å². The average Bonchev–Trinajstić information content (AvgIpc) is 2.19. The predicted molar refractivity (Wildman–Crippen MR) is 68.8 cm³/mol. The summed E-state index contributed by atoms with van der Waals surface area (Å²) in [5.74, 6) is 0. The van der Waals surface area contributed by atoms with Gasteiger partial charge in [0, 0.05) is 10.9 Å². The summed E-state index contributed by atoms with van der Waals surface area (Å²) < 4.78 is 0. The lowest BCUT2D eigenvalue weighted by Gasteiger charge is -2.11. The SMILES string of the molecule is CONC(C)Cc1ccc(SC)cc1.Cl. The second-order valence-corrected chi connectivity index (χ2v) is 4.15. The van der Waals surface area contributed by atoms with Crippen LogP contribution in [-0.4, -0.2) is 19.4 Å². The second kappa shape index (κ2) is 7.99. The molecule has 0 aliphatic carbocycles. The van der Waals surface area contributed by atoms with Crippen LogP contribution >= 0.6 is 24.2 Å². The maximum Gasteiger partial charge on any atom is 0.0572 e. The predicted octanol–water partition coefficient (Wildman–Crippen LogP) is 2.91. The molecule has 1 aromatic carbocycles. The standard InChI is InChI=1S/C11H17NOS.ClH/c1-9(12-13-2)8-10-4-6-11(14-3)7-5-10;/h4-7,9,12H,8H2,1-3H3;1H. The Morgan fingerprint density at radius 2 is 1.93 bits per heavy atom. The molecule has 0 aliphatic rings. The summed E-state index contributed by atoms with van der Waals surface area (Å²) in [6.07, 6.45) is 3.08. The molecular formula is C11H18ClNOS. The van der Waals surface area contributed by atoms with Crippen molar-refractivity contribution in [3.8, 4) is 0 Å². The van der Waals surface area contributed by atoms with Crippen LogP contribution in [0.15, 0.2) is 29.2 Å².